The van der Waals surface area contributed by atoms with Crippen LogP contribution in [-0.4, -0.2) is 16.5 Å². The molecule has 112 valence electrons. The summed E-state index contributed by atoms with van der Waals surface area (Å²) in [6.07, 6.45) is 2.33. The van der Waals surface area contributed by atoms with Gasteiger partial charge in [0.05, 0.1) is 0 Å². The molecule has 1 aromatic heterocycles. The Kier molecular flexibility index (Phi) is 5.32. The van der Waals surface area contributed by atoms with E-state index in [-0.39, 0.29) is 0 Å². The molecule has 2 rings (SSSR count). The van der Waals surface area contributed by atoms with Crippen molar-refractivity contribution in [3.8, 4) is 11.4 Å². The summed E-state index contributed by atoms with van der Waals surface area (Å²) < 4.78 is 0. The summed E-state index contributed by atoms with van der Waals surface area (Å²) >= 11 is 0. The maximum atomic E-state index is 4.71. The lowest BCUT2D eigenvalue weighted by molar-refractivity contribution is 0.808. The molecule has 0 fully saturated rings. The van der Waals surface area contributed by atoms with Gasteiger partial charge in [-0.1, -0.05) is 57.0 Å². The quantitative estimate of drug-likeness (QED) is 0.775. The van der Waals surface area contributed by atoms with Crippen molar-refractivity contribution in [2.45, 2.75) is 46.5 Å². The second-order valence-corrected chi connectivity index (χ2v) is 5.80. The second-order valence-electron chi connectivity index (χ2n) is 5.80. The van der Waals surface area contributed by atoms with E-state index >= 15 is 0 Å². The van der Waals surface area contributed by atoms with E-state index in [2.05, 4.69) is 68.3 Å². The third-order valence-electron chi connectivity index (χ3n) is 3.48. The number of hydrogen-bond acceptors (Lipinski definition) is 3. The van der Waals surface area contributed by atoms with Crippen molar-refractivity contribution < 1.29 is 0 Å². The molecule has 0 saturated heterocycles. The van der Waals surface area contributed by atoms with Gasteiger partial charge in [0, 0.05) is 23.9 Å². The highest BCUT2D eigenvalue weighted by molar-refractivity contribution is 5.58. The van der Waals surface area contributed by atoms with Crippen LogP contribution in [0.1, 0.15) is 50.8 Å². The molecule has 3 nitrogen and oxygen atoms in total. The van der Waals surface area contributed by atoms with Crippen LogP contribution in [0.25, 0.3) is 11.4 Å². The number of nitrogens with zero attached hydrogens (tertiary/aromatic N) is 2. The normalized spacial score (nSPS) is 10.9. The summed E-state index contributed by atoms with van der Waals surface area (Å²) in [5.74, 6) is 2.13. The summed E-state index contributed by atoms with van der Waals surface area (Å²) in [5, 5.41) is 3.41. The first kappa shape index (κ1) is 15.5. The Morgan fingerprint density at radius 2 is 1.81 bits per heavy atom. The molecule has 2 aromatic rings. The minimum absolute atomic E-state index is 0.393. The zero-order chi connectivity index (χ0) is 15.2. The molecular formula is C18H25N3. The Morgan fingerprint density at radius 3 is 2.43 bits per heavy atom. The molecular weight excluding hydrogens is 258 g/mol. The van der Waals surface area contributed by atoms with Crippen molar-refractivity contribution >= 4 is 5.82 Å². The summed E-state index contributed by atoms with van der Waals surface area (Å²) in [6, 6.07) is 10.4. The van der Waals surface area contributed by atoms with Crippen LogP contribution in [0.4, 0.5) is 5.82 Å². The predicted octanol–water partition coefficient (Wildman–Crippen LogP) is 4.79. The topological polar surface area (TPSA) is 37.8 Å². The first-order valence-corrected chi connectivity index (χ1v) is 7.80. The Morgan fingerprint density at radius 1 is 1.10 bits per heavy atom. The highest BCUT2D eigenvalue weighted by Gasteiger charge is 2.09. The van der Waals surface area contributed by atoms with Crippen LogP contribution >= 0.6 is 0 Å². The molecule has 0 aliphatic carbocycles. The first-order valence-electron chi connectivity index (χ1n) is 7.80. The van der Waals surface area contributed by atoms with Gasteiger partial charge in [-0.15, -0.1) is 0 Å². The van der Waals surface area contributed by atoms with Crippen LogP contribution in [0.15, 0.2) is 30.3 Å². The van der Waals surface area contributed by atoms with Crippen LogP contribution in [-0.2, 0) is 0 Å². The molecule has 1 aromatic carbocycles. The van der Waals surface area contributed by atoms with Crippen molar-refractivity contribution in [1.82, 2.24) is 9.97 Å². The summed E-state index contributed by atoms with van der Waals surface area (Å²) in [5.41, 5.74) is 3.40. The number of nitrogens with one attached hydrogen (secondary N) is 1. The average molecular weight is 283 g/mol. The molecule has 0 amide bonds. The Labute approximate surface area is 127 Å². The largest absolute Gasteiger partial charge is 0.370 e. The van der Waals surface area contributed by atoms with Gasteiger partial charge < -0.3 is 5.32 Å². The summed E-state index contributed by atoms with van der Waals surface area (Å²) in [7, 11) is 0. The molecule has 0 aliphatic heterocycles. The fraction of sp³-hybridized carbons (Fsp3) is 0.444. The number of benzene rings is 1. The molecule has 0 saturated carbocycles. The number of anilines is 1. The molecule has 0 bridgehead atoms. The van der Waals surface area contributed by atoms with E-state index in [1.54, 1.807) is 0 Å². The summed E-state index contributed by atoms with van der Waals surface area (Å²) in [4.78, 5) is 9.38. The molecule has 1 N–H and O–H groups in total. The van der Waals surface area contributed by atoms with E-state index in [0.717, 1.165) is 35.9 Å². The molecule has 1 heterocycles. The fourth-order valence-corrected chi connectivity index (χ4v) is 2.08. The Balaban J connectivity index is 2.32. The number of hydrogen-bond donors (Lipinski definition) is 1. The van der Waals surface area contributed by atoms with Crippen molar-refractivity contribution in [1.29, 1.82) is 0 Å². The Hall–Kier alpha value is -1.90. The van der Waals surface area contributed by atoms with E-state index < -0.39 is 0 Å². The molecule has 0 radical (unpaired) electrons. The van der Waals surface area contributed by atoms with Crippen LogP contribution in [0, 0.1) is 6.92 Å². The van der Waals surface area contributed by atoms with Gasteiger partial charge in [-0.05, 0) is 19.3 Å². The van der Waals surface area contributed by atoms with Crippen LogP contribution in [0.5, 0.6) is 0 Å². The second kappa shape index (κ2) is 7.21. The van der Waals surface area contributed by atoms with E-state index in [0.29, 0.717) is 5.92 Å². The Bertz CT molecular complexity index is 574. The lowest BCUT2D eigenvalue weighted by atomic mass is 10.1. The smallest absolute Gasteiger partial charge is 0.161 e. The van der Waals surface area contributed by atoms with Gasteiger partial charge >= 0.3 is 0 Å². The molecule has 0 atom stereocenters. The third-order valence-corrected chi connectivity index (χ3v) is 3.48. The van der Waals surface area contributed by atoms with E-state index in [1.165, 1.54) is 12.0 Å². The summed E-state index contributed by atoms with van der Waals surface area (Å²) in [6.45, 7) is 9.57. The van der Waals surface area contributed by atoms with Crippen molar-refractivity contribution in [2.75, 3.05) is 11.9 Å². The molecule has 0 unspecified atom stereocenters. The first-order chi connectivity index (χ1) is 10.1. The highest BCUT2D eigenvalue weighted by atomic mass is 15.0. The number of aryl methyl sites for hydroxylation is 1. The highest BCUT2D eigenvalue weighted by Crippen LogP contribution is 2.22. The van der Waals surface area contributed by atoms with Gasteiger partial charge in [-0.2, -0.15) is 0 Å². The standard InChI is InChI=1S/C18H25N3/c1-5-6-11-19-17-12-16(13(2)3)20-18(21-17)15-9-7-14(4)8-10-15/h7-10,12-13H,5-6,11H2,1-4H3,(H,19,20,21). The van der Waals surface area contributed by atoms with Gasteiger partial charge in [-0.3, -0.25) is 0 Å². The lowest BCUT2D eigenvalue weighted by Gasteiger charge is -2.12. The maximum Gasteiger partial charge on any atom is 0.161 e. The van der Waals surface area contributed by atoms with Gasteiger partial charge in [0.15, 0.2) is 5.82 Å². The molecule has 3 heteroatoms. The SMILES string of the molecule is CCCCNc1cc(C(C)C)nc(-c2ccc(C)cc2)n1. The van der Waals surface area contributed by atoms with Gasteiger partial charge in [0.1, 0.15) is 5.82 Å². The lowest BCUT2D eigenvalue weighted by Crippen LogP contribution is -2.06. The van der Waals surface area contributed by atoms with Gasteiger partial charge in [0.25, 0.3) is 0 Å². The van der Waals surface area contributed by atoms with Gasteiger partial charge in [0.2, 0.25) is 0 Å². The molecule has 0 spiro atoms. The number of unbranched alkanes of at least 4 members (excludes halogenated alkanes) is 1. The van der Waals surface area contributed by atoms with Crippen molar-refractivity contribution in [2.24, 2.45) is 0 Å². The van der Waals surface area contributed by atoms with E-state index in [1.807, 2.05) is 0 Å². The minimum Gasteiger partial charge on any atom is -0.370 e. The maximum absolute atomic E-state index is 4.71. The number of rotatable bonds is 6. The zero-order valence-electron chi connectivity index (χ0n) is 13.5. The van der Waals surface area contributed by atoms with Crippen LogP contribution in [0.3, 0.4) is 0 Å². The third kappa shape index (κ3) is 4.28. The molecule has 21 heavy (non-hydrogen) atoms. The van der Waals surface area contributed by atoms with Gasteiger partial charge in [-0.25, -0.2) is 9.97 Å². The van der Waals surface area contributed by atoms with Crippen LogP contribution in [0.2, 0.25) is 0 Å². The minimum atomic E-state index is 0.393. The van der Waals surface area contributed by atoms with Crippen LogP contribution < -0.4 is 5.32 Å². The molecule has 0 aliphatic rings. The average Bonchev–Trinajstić information content (AvgIpc) is 2.48. The fourth-order valence-electron chi connectivity index (χ4n) is 2.08. The predicted molar refractivity (Wildman–Crippen MR) is 89.7 cm³/mol. The van der Waals surface area contributed by atoms with Crippen molar-refractivity contribution in [3.05, 3.63) is 41.6 Å². The number of aromatic nitrogens is 2. The van der Waals surface area contributed by atoms with E-state index in [4.69, 9.17) is 4.98 Å². The monoisotopic (exact) mass is 283 g/mol. The van der Waals surface area contributed by atoms with E-state index in [9.17, 15) is 0 Å². The van der Waals surface area contributed by atoms with Crippen molar-refractivity contribution in [3.63, 3.8) is 0 Å². The zero-order valence-corrected chi connectivity index (χ0v) is 13.5.